The molecule has 3 aromatic rings. The third kappa shape index (κ3) is 5.44. The van der Waals surface area contributed by atoms with Gasteiger partial charge in [0.25, 0.3) is 5.69 Å². The van der Waals surface area contributed by atoms with Crippen molar-refractivity contribution in [1.29, 1.82) is 0 Å². The number of carbonyl (C=O) groups excluding carboxylic acids is 1. The average Bonchev–Trinajstić information content (AvgIpc) is 3.15. The van der Waals surface area contributed by atoms with Crippen LogP contribution < -0.4 is 10.1 Å². The molecule has 32 heavy (non-hydrogen) atoms. The number of nitro benzene ring substituents is 1. The lowest BCUT2D eigenvalue weighted by Gasteiger charge is -2.12. The molecule has 9 nitrogen and oxygen atoms in total. The van der Waals surface area contributed by atoms with Gasteiger partial charge in [-0.05, 0) is 44.9 Å². The first-order valence-electron chi connectivity index (χ1n) is 10.1. The van der Waals surface area contributed by atoms with Gasteiger partial charge >= 0.3 is 0 Å². The minimum atomic E-state index is -0.467. The Morgan fingerprint density at radius 1 is 1.16 bits per heavy atom. The molecule has 1 amide bonds. The Balaban J connectivity index is 1.62. The van der Waals surface area contributed by atoms with E-state index in [0.29, 0.717) is 28.8 Å². The van der Waals surface area contributed by atoms with Crippen molar-refractivity contribution >= 4 is 29.0 Å². The molecule has 0 saturated heterocycles. The van der Waals surface area contributed by atoms with E-state index in [1.165, 1.54) is 17.8 Å². The van der Waals surface area contributed by atoms with Gasteiger partial charge in [-0.2, -0.15) is 0 Å². The Bertz CT molecular complexity index is 1130. The lowest BCUT2D eigenvalue weighted by Crippen LogP contribution is -2.15. The van der Waals surface area contributed by atoms with E-state index in [1.54, 1.807) is 19.1 Å². The first-order chi connectivity index (χ1) is 15.3. The number of anilines is 1. The summed E-state index contributed by atoms with van der Waals surface area (Å²) < 4.78 is 7.89. The quantitative estimate of drug-likeness (QED) is 0.288. The highest BCUT2D eigenvalue weighted by Crippen LogP contribution is 2.25. The largest absolute Gasteiger partial charge is 0.485 e. The molecule has 1 heterocycles. The highest BCUT2D eigenvalue weighted by molar-refractivity contribution is 7.99. The fraction of sp³-hybridized carbons (Fsp3) is 0.318. The van der Waals surface area contributed by atoms with Crippen molar-refractivity contribution in [2.45, 2.75) is 46.0 Å². The number of aryl methyl sites for hydroxylation is 3. The van der Waals surface area contributed by atoms with Crippen LogP contribution in [0.25, 0.3) is 0 Å². The average molecular weight is 456 g/mol. The van der Waals surface area contributed by atoms with Crippen molar-refractivity contribution in [3.05, 3.63) is 69.0 Å². The number of nitrogens with zero attached hydrogens (tertiary/aromatic N) is 4. The van der Waals surface area contributed by atoms with Crippen LogP contribution in [0.3, 0.4) is 0 Å². The Morgan fingerprint density at radius 2 is 1.88 bits per heavy atom. The van der Waals surface area contributed by atoms with Gasteiger partial charge in [0, 0.05) is 23.9 Å². The van der Waals surface area contributed by atoms with Crippen molar-refractivity contribution in [2.75, 3.05) is 11.1 Å². The molecule has 168 valence electrons. The molecule has 1 N–H and O–H groups in total. The smallest absolute Gasteiger partial charge is 0.274 e. The molecule has 0 aliphatic heterocycles. The van der Waals surface area contributed by atoms with Crippen molar-refractivity contribution in [3.8, 4) is 5.75 Å². The maximum Gasteiger partial charge on any atom is 0.274 e. The lowest BCUT2D eigenvalue weighted by atomic mass is 10.1. The summed E-state index contributed by atoms with van der Waals surface area (Å²) in [7, 11) is 0. The second kappa shape index (κ2) is 10.3. The summed E-state index contributed by atoms with van der Waals surface area (Å²) in [5, 5.41) is 22.8. The number of amides is 1. The van der Waals surface area contributed by atoms with Gasteiger partial charge < -0.3 is 14.6 Å². The van der Waals surface area contributed by atoms with Crippen LogP contribution in [0.5, 0.6) is 5.75 Å². The molecular formula is C22H25N5O4S. The van der Waals surface area contributed by atoms with Gasteiger partial charge in [0.15, 0.2) is 11.0 Å². The van der Waals surface area contributed by atoms with Crippen LogP contribution in [0.4, 0.5) is 11.4 Å². The standard InChI is InChI=1S/C22H25N5O4S/c1-5-26-19(12-31-21-15(3)7-6-8-16(21)4)24-25-22(26)32-13-20(28)23-17-10-9-14(2)18(11-17)27(29)30/h6-11H,5,12-13H2,1-4H3,(H,23,28). The fourth-order valence-electron chi connectivity index (χ4n) is 3.22. The second-order valence-electron chi connectivity index (χ2n) is 7.25. The van der Waals surface area contributed by atoms with E-state index >= 15 is 0 Å². The van der Waals surface area contributed by atoms with Crippen molar-refractivity contribution in [3.63, 3.8) is 0 Å². The summed E-state index contributed by atoms with van der Waals surface area (Å²) >= 11 is 1.25. The van der Waals surface area contributed by atoms with Crippen LogP contribution in [0.15, 0.2) is 41.6 Å². The highest BCUT2D eigenvalue weighted by atomic mass is 32.2. The summed E-state index contributed by atoms with van der Waals surface area (Å²) in [4.78, 5) is 23.0. The van der Waals surface area contributed by atoms with Gasteiger partial charge in [0.05, 0.1) is 10.7 Å². The molecule has 0 unspecified atom stereocenters. The number of nitrogens with one attached hydrogen (secondary N) is 1. The van der Waals surface area contributed by atoms with E-state index in [1.807, 2.05) is 43.5 Å². The molecular weight excluding hydrogens is 430 g/mol. The van der Waals surface area contributed by atoms with Crippen molar-refractivity contribution < 1.29 is 14.5 Å². The SMILES string of the molecule is CCn1c(COc2c(C)cccc2C)nnc1SCC(=O)Nc1ccc(C)c([N+](=O)[O-])c1. The molecule has 0 aliphatic carbocycles. The van der Waals surface area contributed by atoms with E-state index in [2.05, 4.69) is 15.5 Å². The lowest BCUT2D eigenvalue weighted by molar-refractivity contribution is -0.385. The van der Waals surface area contributed by atoms with Gasteiger partial charge in [0.2, 0.25) is 5.91 Å². The number of aromatic nitrogens is 3. The predicted molar refractivity (Wildman–Crippen MR) is 123 cm³/mol. The van der Waals surface area contributed by atoms with E-state index in [4.69, 9.17) is 4.74 Å². The molecule has 0 radical (unpaired) electrons. The number of benzene rings is 2. The number of ether oxygens (including phenoxy) is 1. The van der Waals surface area contributed by atoms with Crippen molar-refractivity contribution in [2.24, 2.45) is 0 Å². The van der Waals surface area contributed by atoms with Gasteiger partial charge in [-0.3, -0.25) is 14.9 Å². The zero-order valence-electron chi connectivity index (χ0n) is 18.4. The third-order valence-electron chi connectivity index (χ3n) is 4.89. The monoisotopic (exact) mass is 455 g/mol. The zero-order chi connectivity index (χ0) is 23.3. The first-order valence-corrected chi connectivity index (χ1v) is 11.1. The van der Waals surface area contributed by atoms with Gasteiger partial charge in [-0.1, -0.05) is 36.0 Å². The molecule has 0 fully saturated rings. The fourth-order valence-corrected chi connectivity index (χ4v) is 4.05. The van der Waals surface area contributed by atoms with E-state index in [-0.39, 0.29) is 24.0 Å². The number of para-hydroxylation sites is 1. The summed E-state index contributed by atoms with van der Waals surface area (Å²) in [6, 6.07) is 10.6. The highest BCUT2D eigenvalue weighted by Gasteiger charge is 2.16. The van der Waals surface area contributed by atoms with Crippen LogP contribution in [0, 0.1) is 30.9 Å². The number of thioether (sulfide) groups is 1. The maximum atomic E-state index is 12.4. The Morgan fingerprint density at radius 3 is 2.53 bits per heavy atom. The molecule has 0 bridgehead atoms. The van der Waals surface area contributed by atoms with E-state index in [9.17, 15) is 14.9 Å². The molecule has 10 heteroatoms. The maximum absolute atomic E-state index is 12.4. The number of hydrogen-bond acceptors (Lipinski definition) is 7. The van der Waals surface area contributed by atoms with Crippen molar-refractivity contribution in [1.82, 2.24) is 14.8 Å². The minimum absolute atomic E-state index is 0.0327. The van der Waals surface area contributed by atoms with E-state index in [0.717, 1.165) is 16.9 Å². The van der Waals surface area contributed by atoms with E-state index < -0.39 is 4.92 Å². The minimum Gasteiger partial charge on any atom is -0.485 e. The molecule has 1 aromatic heterocycles. The molecule has 3 rings (SSSR count). The molecule has 0 aliphatic rings. The normalized spacial score (nSPS) is 10.8. The Labute approximate surface area is 190 Å². The van der Waals surface area contributed by atoms with Crippen LogP contribution in [-0.4, -0.2) is 31.3 Å². The molecule has 0 saturated carbocycles. The number of rotatable bonds is 9. The summed E-state index contributed by atoms with van der Waals surface area (Å²) in [6.07, 6.45) is 0. The van der Waals surface area contributed by atoms with Crippen LogP contribution >= 0.6 is 11.8 Å². The molecule has 0 atom stereocenters. The number of nitro groups is 1. The van der Waals surface area contributed by atoms with Gasteiger partial charge in [-0.25, -0.2) is 0 Å². The summed E-state index contributed by atoms with van der Waals surface area (Å²) in [5.41, 5.74) is 2.99. The third-order valence-corrected chi connectivity index (χ3v) is 5.85. The summed E-state index contributed by atoms with van der Waals surface area (Å²) in [6.45, 7) is 8.52. The second-order valence-corrected chi connectivity index (χ2v) is 8.19. The van der Waals surface area contributed by atoms with Crippen LogP contribution in [-0.2, 0) is 17.9 Å². The number of hydrogen-bond donors (Lipinski definition) is 1. The first kappa shape index (κ1) is 23.3. The zero-order valence-corrected chi connectivity index (χ0v) is 19.2. The van der Waals surface area contributed by atoms with Gasteiger partial charge in [0.1, 0.15) is 12.4 Å². The predicted octanol–water partition coefficient (Wildman–Crippen LogP) is 4.44. The van der Waals surface area contributed by atoms with Crippen LogP contribution in [0.1, 0.15) is 29.4 Å². The Kier molecular flexibility index (Phi) is 7.47. The molecule has 2 aromatic carbocycles. The molecule has 0 spiro atoms. The van der Waals surface area contributed by atoms with Gasteiger partial charge in [-0.15, -0.1) is 10.2 Å². The summed E-state index contributed by atoms with van der Waals surface area (Å²) in [5.74, 6) is 1.32. The van der Waals surface area contributed by atoms with Crippen LogP contribution in [0.2, 0.25) is 0 Å². The number of carbonyl (C=O) groups is 1. The Hall–Kier alpha value is -3.40. The topological polar surface area (TPSA) is 112 Å².